The van der Waals surface area contributed by atoms with Crippen LogP contribution in [0.3, 0.4) is 0 Å². The summed E-state index contributed by atoms with van der Waals surface area (Å²) in [5.41, 5.74) is 2.28. The van der Waals surface area contributed by atoms with Crippen LogP contribution in [0, 0.1) is 0 Å². The third kappa shape index (κ3) is 1.98. The number of aromatic nitrogens is 1. The van der Waals surface area contributed by atoms with E-state index in [0.29, 0.717) is 6.61 Å². The Morgan fingerprint density at radius 3 is 3.06 bits per heavy atom. The molecule has 3 rings (SSSR count). The number of hydrogen-bond donors (Lipinski definition) is 1. The van der Waals surface area contributed by atoms with Crippen molar-refractivity contribution in [3.05, 3.63) is 17.0 Å². The number of nitrogens with zero attached hydrogens (tertiary/aromatic N) is 2. The number of hydrogen-bond acceptors (Lipinski definition) is 5. The highest BCUT2D eigenvalue weighted by Gasteiger charge is 2.21. The van der Waals surface area contributed by atoms with Crippen LogP contribution in [0.1, 0.15) is 17.0 Å². The second-order valence-corrected chi connectivity index (χ2v) is 4.36. The van der Waals surface area contributed by atoms with Crippen molar-refractivity contribution in [1.29, 1.82) is 0 Å². The summed E-state index contributed by atoms with van der Waals surface area (Å²) in [5.74, 6) is 0.997. The lowest BCUT2D eigenvalue weighted by molar-refractivity contribution is 0.108. The second-order valence-electron chi connectivity index (χ2n) is 4.36. The molecular weight excluding hydrogens is 206 g/mol. The van der Waals surface area contributed by atoms with Gasteiger partial charge in [0.15, 0.2) is 5.76 Å². The van der Waals surface area contributed by atoms with E-state index < -0.39 is 0 Å². The van der Waals surface area contributed by atoms with Gasteiger partial charge in [-0.25, -0.2) is 0 Å². The Labute approximate surface area is 94.7 Å². The van der Waals surface area contributed by atoms with E-state index in [9.17, 15) is 0 Å². The monoisotopic (exact) mass is 223 g/mol. The molecule has 0 saturated carbocycles. The first kappa shape index (κ1) is 10.3. The second kappa shape index (κ2) is 4.53. The molecule has 0 radical (unpaired) electrons. The summed E-state index contributed by atoms with van der Waals surface area (Å²) in [6.45, 7) is 6.59. The molecule has 1 aromatic rings. The van der Waals surface area contributed by atoms with E-state index in [2.05, 4.69) is 15.4 Å². The van der Waals surface area contributed by atoms with Gasteiger partial charge < -0.3 is 14.6 Å². The molecule has 0 unspecified atom stereocenters. The van der Waals surface area contributed by atoms with Crippen LogP contribution >= 0.6 is 0 Å². The average molecular weight is 223 g/mol. The highest BCUT2D eigenvalue weighted by Crippen LogP contribution is 2.21. The third-order valence-corrected chi connectivity index (χ3v) is 3.26. The molecule has 0 atom stereocenters. The average Bonchev–Trinajstić information content (AvgIpc) is 2.74. The normalized spacial score (nSPS) is 22.0. The maximum atomic E-state index is 5.45. The largest absolute Gasteiger partial charge is 0.376 e. The number of rotatable bonds is 2. The molecule has 1 saturated heterocycles. The summed E-state index contributed by atoms with van der Waals surface area (Å²) in [6.07, 6.45) is 0.889. The molecule has 0 aliphatic carbocycles. The Balaban J connectivity index is 1.71. The van der Waals surface area contributed by atoms with Gasteiger partial charge in [0.05, 0.1) is 25.5 Å². The van der Waals surface area contributed by atoms with Crippen molar-refractivity contribution < 1.29 is 9.26 Å². The van der Waals surface area contributed by atoms with E-state index in [1.54, 1.807) is 0 Å². The number of ether oxygens (including phenoxy) is 1. The fourth-order valence-electron chi connectivity index (χ4n) is 2.28. The SMILES string of the molecule is C1CN(Cc2onc3c2COCC3)CCN1. The summed E-state index contributed by atoms with van der Waals surface area (Å²) >= 11 is 0. The van der Waals surface area contributed by atoms with Gasteiger partial charge in [-0.1, -0.05) is 5.16 Å². The van der Waals surface area contributed by atoms with Gasteiger partial charge in [-0.2, -0.15) is 0 Å². The van der Waals surface area contributed by atoms with Crippen molar-refractivity contribution in [3.8, 4) is 0 Å². The van der Waals surface area contributed by atoms with Crippen molar-refractivity contribution in [2.75, 3.05) is 32.8 Å². The lowest BCUT2D eigenvalue weighted by Crippen LogP contribution is -2.43. The van der Waals surface area contributed by atoms with Gasteiger partial charge >= 0.3 is 0 Å². The molecule has 16 heavy (non-hydrogen) atoms. The van der Waals surface area contributed by atoms with Gasteiger partial charge in [0.1, 0.15) is 0 Å². The molecule has 1 aromatic heterocycles. The fraction of sp³-hybridized carbons (Fsp3) is 0.727. The van der Waals surface area contributed by atoms with Crippen molar-refractivity contribution in [3.63, 3.8) is 0 Å². The molecule has 88 valence electrons. The van der Waals surface area contributed by atoms with Crippen LogP contribution in [0.4, 0.5) is 0 Å². The van der Waals surface area contributed by atoms with Crippen molar-refractivity contribution in [2.24, 2.45) is 0 Å². The Morgan fingerprint density at radius 1 is 1.31 bits per heavy atom. The third-order valence-electron chi connectivity index (χ3n) is 3.26. The number of nitrogens with one attached hydrogen (secondary N) is 1. The summed E-state index contributed by atoms with van der Waals surface area (Å²) in [7, 11) is 0. The predicted octanol–water partition coefficient (Wildman–Crippen LogP) is 0.152. The Hall–Kier alpha value is -0.910. The van der Waals surface area contributed by atoms with Gasteiger partial charge in [0.25, 0.3) is 0 Å². The molecule has 0 bridgehead atoms. The van der Waals surface area contributed by atoms with E-state index in [1.165, 1.54) is 5.56 Å². The minimum absolute atomic E-state index is 0.667. The van der Waals surface area contributed by atoms with Gasteiger partial charge in [0, 0.05) is 38.2 Å². The summed E-state index contributed by atoms with van der Waals surface area (Å²) < 4.78 is 10.9. The predicted molar refractivity (Wildman–Crippen MR) is 58.0 cm³/mol. The van der Waals surface area contributed by atoms with E-state index >= 15 is 0 Å². The first-order chi connectivity index (χ1) is 7.93. The maximum Gasteiger partial charge on any atom is 0.156 e. The van der Waals surface area contributed by atoms with Crippen LogP contribution in [0.15, 0.2) is 4.52 Å². The van der Waals surface area contributed by atoms with Crippen LogP contribution in [0.25, 0.3) is 0 Å². The van der Waals surface area contributed by atoms with E-state index in [0.717, 1.165) is 57.2 Å². The number of fused-ring (bicyclic) bond motifs is 1. The van der Waals surface area contributed by atoms with Crippen molar-refractivity contribution in [1.82, 2.24) is 15.4 Å². The van der Waals surface area contributed by atoms with Gasteiger partial charge in [-0.05, 0) is 0 Å². The smallest absolute Gasteiger partial charge is 0.156 e. The highest BCUT2D eigenvalue weighted by atomic mass is 16.5. The molecule has 3 heterocycles. The zero-order valence-electron chi connectivity index (χ0n) is 9.37. The van der Waals surface area contributed by atoms with Crippen LogP contribution in [0.5, 0.6) is 0 Å². The Bertz CT molecular complexity index is 358. The quantitative estimate of drug-likeness (QED) is 0.773. The van der Waals surface area contributed by atoms with E-state index in [1.807, 2.05) is 0 Å². The standard InChI is InChI=1S/C11H17N3O2/c1-6-15-8-9-10(1)13-16-11(9)7-14-4-2-12-3-5-14/h12H,1-8H2. The topological polar surface area (TPSA) is 50.5 Å². The zero-order valence-corrected chi connectivity index (χ0v) is 9.37. The first-order valence-corrected chi connectivity index (χ1v) is 5.90. The molecule has 5 nitrogen and oxygen atoms in total. The van der Waals surface area contributed by atoms with Gasteiger partial charge in [-0.15, -0.1) is 0 Å². The van der Waals surface area contributed by atoms with Gasteiger partial charge in [-0.3, -0.25) is 4.90 Å². The highest BCUT2D eigenvalue weighted by molar-refractivity contribution is 5.23. The van der Waals surface area contributed by atoms with Crippen LogP contribution in [-0.4, -0.2) is 42.8 Å². The Kier molecular flexibility index (Phi) is 2.90. The molecule has 0 aromatic carbocycles. The van der Waals surface area contributed by atoms with Crippen molar-refractivity contribution in [2.45, 2.75) is 19.6 Å². The molecular formula is C11H17N3O2. The molecule has 5 heteroatoms. The number of piperazine rings is 1. The Morgan fingerprint density at radius 2 is 2.19 bits per heavy atom. The molecule has 2 aliphatic rings. The van der Waals surface area contributed by atoms with Crippen LogP contribution < -0.4 is 5.32 Å². The fourth-order valence-corrected chi connectivity index (χ4v) is 2.28. The van der Waals surface area contributed by atoms with Gasteiger partial charge in [0.2, 0.25) is 0 Å². The maximum absolute atomic E-state index is 5.45. The molecule has 0 amide bonds. The lowest BCUT2D eigenvalue weighted by Gasteiger charge is -2.26. The van der Waals surface area contributed by atoms with E-state index in [4.69, 9.17) is 9.26 Å². The minimum atomic E-state index is 0.667. The van der Waals surface area contributed by atoms with Crippen molar-refractivity contribution >= 4 is 0 Å². The lowest BCUT2D eigenvalue weighted by atomic mass is 10.1. The molecule has 1 N–H and O–H groups in total. The zero-order chi connectivity index (χ0) is 10.8. The first-order valence-electron chi connectivity index (χ1n) is 5.90. The van der Waals surface area contributed by atoms with Crippen LogP contribution in [0.2, 0.25) is 0 Å². The minimum Gasteiger partial charge on any atom is -0.376 e. The molecule has 2 aliphatic heterocycles. The molecule has 0 spiro atoms. The summed E-state index contributed by atoms with van der Waals surface area (Å²) in [5, 5.41) is 7.47. The molecule has 1 fully saturated rings. The summed E-state index contributed by atoms with van der Waals surface area (Å²) in [4.78, 5) is 2.39. The summed E-state index contributed by atoms with van der Waals surface area (Å²) in [6, 6.07) is 0. The van der Waals surface area contributed by atoms with Crippen LogP contribution in [-0.2, 0) is 24.3 Å². The van der Waals surface area contributed by atoms with E-state index in [-0.39, 0.29) is 0 Å².